The zero-order valence-electron chi connectivity index (χ0n) is 12.1. The van der Waals surface area contributed by atoms with Crippen LogP contribution >= 0.6 is 0 Å². The van der Waals surface area contributed by atoms with Crippen LogP contribution in [0, 0.1) is 11.3 Å². The summed E-state index contributed by atoms with van der Waals surface area (Å²) in [5, 5.41) is 12.0. The SMILES string of the molecule is CCCC(CC)NCCS(=O)(=O)c1ccc(C#N)cc1. The Morgan fingerprint density at radius 1 is 1.25 bits per heavy atom. The highest BCUT2D eigenvalue weighted by Crippen LogP contribution is 2.12. The third-order valence-electron chi connectivity index (χ3n) is 3.28. The number of nitrogens with zero attached hydrogens (tertiary/aromatic N) is 1. The number of rotatable bonds is 8. The quantitative estimate of drug-likeness (QED) is 0.799. The molecule has 1 rings (SSSR count). The van der Waals surface area contributed by atoms with Gasteiger partial charge in [-0.25, -0.2) is 8.42 Å². The Hall–Kier alpha value is -1.38. The van der Waals surface area contributed by atoms with Crippen molar-refractivity contribution in [2.75, 3.05) is 12.3 Å². The first-order valence-electron chi connectivity index (χ1n) is 6.99. The Balaban J connectivity index is 2.59. The lowest BCUT2D eigenvalue weighted by Crippen LogP contribution is -2.32. The first-order chi connectivity index (χ1) is 9.53. The van der Waals surface area contributed by atoms with Crippen LogP contribution in [0.2, 0.25) is 0 Å². The summed E-state index contributed by atoms with van der Waals surface area (Å²) in [6.07, 6.45) is 3.16. The normalized spacial score (nSPS) is 12.8. The Morgan fingerprint density at radius 2 is 1.90 bits per heavy atom. The summed E-state index contributed by atoms with van der Waals surface area (Å²) >= 11 is 0. The van der Waals surface area contributed by atoms with Crippen molar-refractivity contribution in [3.63, 3.8) is 0 Å². The van der Waals surface area contributed by atoms with Gasteiger partial charge in [0.1, 0.15) is 0 Å². The molecule has 0 aliphatic rings. The average Bonchev–Trinajstić information content (AvgIpc) is 2.46. The molecule has 4 nitrogen and oxygen atoms in total. The fourth-order valence-electron chi connectivity index (χ4n) is 2.05. The summed E-state index contributed by atoms with van der Waals surface area (Å²) in [5.74, 6) is 0.0825. The highest BCUT2D eigenvalue weighted by atomic mass is 32.2. The molecule has 110 valence electrons. The maximum atomic E-state index is 12.1. The average molecular weight is 294 g/mol. The van der Waals surface area contributed by atoms with Crippen LogP contribution in [0.15, 0.2) is 29.2 Å². The van der Waals surface area contributed by atoms with E-state index in [0.717, 1.165) is 19.3 Å². The lowest BCUT2D eigenvalue weighted by Gasteiger charge is -2.15. The van der Waals surface area contributed by atoms with Gasteiger partial charge in [0.25, 0.3) is 0 Å². The topological polar surface area (TPSA) is 70.0 Å². The van der Waals surface area contributed by atoms with E-state index >= 15 is 0 Å². The largest absolute Gasteiger partial charge is 0.313 e. The molecule has 1 aromatic carbocycles. The molecule has 20 heavy (non-hydrogen) atoms. The predicted molar refractivity (Wildman–Crippen MR) is 80.2 cm³/mol. The molecule has 0 fully saturated rings. The van der Waals surface area contributed by atoms with E-state index in [1.165, 1.54) is 24.3 Å². The van der Waals surface area contributed by atoms with E-state index in [0.29, 0.717) is 18.2 Å². The van der Waals surface area contributed by atoms with Gasteiger partial charge in [-0.05, 0) is 37.1 Å². The lowest BCUT2D eigenvalue weighted by molar-refractivity contribution is 0.474. The minimum atomic E-state index is -3.28. The lowest BCUT2D eigenvalue weighted by atomic mass is 10.1. The van der Waals surface area contributed by atoms with Crippen LogP contribution < -0.4 is 5.32 Å². The first-order valence-corrected chi connectivity index (χ1v) is 8.65. The second-order valence-corrected chi connectivity index (χ2v) is 6.91. The monoisotopic (exact) mass is 294 g/mol. The van der Waals surface area contributed by atoms with Crippen LogP contribution in [0.3, 0.4) is 0 Å². The molecule has 1 unspecified atom stereocenters. The molecule has 5 heteroatoms. The number of hydrogen-bond donors (Lipinski definition) is 1. The summed E-state index contributed by atoms with van der Waals surface area (Å²) in [7, 11) is -3.28. The van der Waals surface area contributed by atoms with Crippen LogP contribution in [-0.4, -0.2) is 26.8 Å². The minimum absolute atomic E-state index is 0.0825. The molecule has 0 spiro atoms. The molecule has 1 aromatic rings. The first kappa shape index (κ1) is 16.7. The second kappa shape index (κ2) is 8.03. The Bertz CT molecular complexity index is 544. The van der Waals surface area contributed by atoms with E-state index in [2.05, 4.69) is 19.2 Å². The van der Waals surface area contributed by atoms with Crippen LogP contribution in [0.25, 0.3) is 0 Å². The Labute approximate surface area is 121 Å². The highest BCUT2D eigenvalue weighted by molar-refractivity contribution is 7.91. The van der Waals surface area contributed by atoms with Crippen molar-refractivity contribution in [2.24, 2.45) is 0 Å². The third kappa shape index (κ3) is 4.95. The van der Waals surface area contributed by atoms with Gasteiger partial charge in [0.2, 0.25) is 0 Å². The number of nitriles is 1. The standard InChI is InChI=1S/C15H22N2O2S/c1-3-5-14(4-2)17-10-11-20(18,19)15-8-6-13(12-16)7-9-15/h6-9,14,17H,3-5,10-11H2,1-2H3. The molecular weight excluding hydrogens is 272 g/mol. The highest BCUT2D eigenvalue weighted by Gasteiger charge is 2.14. The molecule has 0 aliphatic carbocycles. The van der Waals surface area contributed by atoms with Crippen molar-refractivity contribution in [1.82, 2.24) is 5.32 Å². The van der Waals surface area contributed by atoms with Gasteiger partial charge in [-0.2, -0.15) is 5.26 Å². The van der Waals surface area contributed by atoms with E-state index in [9.17, 15) is 8.42 Å². The molecule has 0 aromatic heterocycles. The summed E-state index contributed by atoms with van der Waals surface area (Å²) < 4.78 is 24.3. The van der Waals surface area contributed by atoms with E-state index in [-0.39, 0.29) is 10.6 Å². The minimum Gasteiger partial charge on any atom is -0.313 e. The molecule has 1 N–H and O–H groups in total. The van der Waals surface area contributed by atoms with Crippen LogP contribution in [0.1, 0.15) is 38.7 Å². The molecule has 0 radical (unpaired) electrons. The van der Waals surface area contributed by atoms with Crippen molar-refractivity contribution in [1.29, 1.82) is 5.26 Å². The summed E-state index contributed by atoms with van der Waals surface area (Å²) in [6.45, 7) is 4.68. The van der Waals surface area contributed by atoms with Crippen molar-refractivity contribution >= 4 is 9.84 Å². The van der Waals surface area contributed by atoms with E-state index in [1.54, 1.807) is 0 Å². The molecule has 0 aliphatic heterocycles. The van der Waals surface area contributed by atoms with E-state index in [4.69, 9.17) is 5.26 Å². The van der Waals surface area contributed by atoms with Gasteiger partial charge >= 0.3 is 0 Å². The van der Waals surface area contributed by atoms with Gasteiger partial charge in [-0.15, -0.1) is 0 Å². The molecule has 0 heterocycles. The van der Waals surface area contributed by atoms with Crippen LogP contribution in [0.5, 0.6) is 0 Å². The summed E-state index contributed by atoms with van der Waals surface area (Å²) in [5.41, 5.74) is 0.469. The zero-order valence-corrected chi connectivity index (χ0v) is 12.9. The Morgan fingerprint density at radius 3 is 2.40 bits per heavy atom. The van der Waals surface area contributed by atoms with Gasteiger partial charge in [0.05, 0.1) is 22.3 Å². The van der Waals surface area contributed by atoms with Gasteiger partial charge in [0.15, 0.2) is 9.84 Å². The van der Waals surface area contributed by atoms with Gasteiger partial charge in [0, 0.05) is 12.6 Å². The zero-order chi connectivity index (χ0) is 15.0. The van der Waals surface area contributed by atoms with Gasteiger partial charge < -0.3 is 5.32 Å². The van der Waals surface area contributed by atoms with Crippen LogP contribution in [0.4, 0.5) is 0 Å². The van der Waals surface area contributed by atoms with Crippen molar-refractivity contribution < 1.29 is 8.42 Å². The molecule has 0 saturated carbocycles. The smallest absolute Gasteiger partial charge is 0.179 e. The Kier molecular flexibility index (Phi) is 6.69. The van der Waals surface area contributed by atoms with Gasteiger partial charge in [-0.1, -0.05) is 20.3 Å². The molecule has 1 atom stereocenters. The van der Waals surface area contributed by atoms with Crippen molar-refractivity contribution in [3.05, 3.63) is 29.8 Å². The van der Waals surface area contributed by atoms with Gasteiger partial charge in [-0.3, -0.25) is 0 Å². The predicted octanol–water partition coefficient (Wildman–Crippen LogP) is 2.50. The summed E-state index contributed by atoms with van der Waals surface area (Å²) in [4.78, 5) is 0.279. The van der Waals surface area contributed by atoms with E-state index < -0.39 is 9.84 Å². The van der Waals surface area contributed by atoms with E-state index in [1.807, 2.05) is 6.07 Å². The fraction of sp³-hybridized carbons (Fsp3) is 0.533. The molecule has 0 saturated heterocycles. The number of benzene rings is 1. The second-order valence-electron chi connectivity index (χ2n) is 4.80. The number of hydrogen-bond acceptors (Lipinski definition) is 4. The maximum Gasteiger partial charge on any atom is 0.179 e. The fourth-order valence-corrected chi connectivity index (χ4v) is 3.22. The molecule has 0 amide bonds. The summed E-state index contributed by atoms with van der Waals surface area (Å²) in [6, 6.07) is 8.43. The maximum absolute atomic E-state index is 12.1. The number of sulfone groups is 1. The van der Waals surface area contributed by atoms with Crippen molar-refractivity contribution in [3.8, 4) is 6.07 Å². The van der Waals surface area contributed by atoms with Crippen molar-refractivity contribution in [2.45, 2.75) is 44.0 Å². The number of nitrogens with one attached hydrogen (secondary N) is 1. The third-order valence-corrected chi connectivity index (χ3v) is 5.01. The van der Waals surface area contributed by atoms with Crippen LogP contribution in [-0.2, 0) is 9.84 Å². The molecule has 0 bridgehead atoms. The molecular formula is C15H22N2O2S.